The van der Waals surface area contributed by atoms with E-state index in [1.165, 1.54) is 11.1 Å². The summed E-state index contributed by atoms with van der Waals surface area (Å²) in [4.78, 5) is 29.8. The van der Waals surface area contributed by atoms with E-state index in [4.69, 9.17) is 24.2 Å². The van der Waals surface area contributed by atoms with Crippen LogP contribution in [0, 0.1) is 0 Å². The molecule has 46 heavy (non-hydrogen) atoms. The Bertz CT molecular complexity index is 1370. The molecule has 3 heterocycles. The van der Waals surface area contributed by atoms with Gasteiger partial charge in [-0.2, -0.15) is 9.97 Å². The third kappa shape index (κ3) is 8.12. The smallest absolute Gasteiger partial charge is 0.248 e. The lowest BCUT2D eigenvalue weighted by Crippen LogP contribution is -2.67. The van der Waals surface area contributed by atoms with Gasteiger partial charge in [0, 0.05) is 70.3 Å². The molecule has 1 unspecified atom stereocenters. The summed E-state index contributed by atoms with van der Waals surface area (Å²) in [5.41, 5.74) is 3.47. The number of fused-ring (bicyclic) bond motifs is 1. The number of carbonyl (C=O) groups is 1. The van der Waals surface area contributed by atoms with Gasteiger partial charge in [0.2, 0.25) is 17.7 Å². The molecule has 6 rings (SSSR count). The first-order chi connectivity index (χ1) is 21.4. The van der Waals surface area contributed by atoms with E-state index >= 15 is 0 Å². The number of nitrogens with zero attached hydrogens (tertiary/aromatic N) is 5. The van der Waals surface area contributed by atoms with Crippen molar-refractivity contribution >= 4 is 30.7 Å². The number of amides is 1. The van der Waals surface area contributed by atoms with Crippen LogP contribution >= 0.6 is 24.8 Å². The van der Waals surface area contributed by atoms with Crippen LogP contribution in [0.15, 0.2) is 60.7 Å². The summed E-state index contributed by atoms with van der Waals surface area (Å²) in [6.07, 6.45) is 2.19. The first-order valence-electron chi connectivity index (χ1n) is 15.9. The van der Waals surface area contributed by atoms with Gasteiger partial charge < -0.3 is 19.1 Å². The van der Waals surface area contributed by atoms with Gasteiger partial charge in [-0.15, -0.1) is 24.8 Å². The molecule has 0 N–H and O–H groups in total. The highest BCUT2D eigenvalue weighted by Gasteiger charge is 2.43. The van der Waals surface area contributed by atoms with Crippen molar-refractivity contribution in [2.75, 3.05) is 53.6 Å². The van der Waals surface area contributed by atoms with Gasteiger partial charge >= 0.3 is 0 Å². The van der Waals surface area contributed by atoms with Crippen molar-refractivity contribution in [3.63, 3.8) is 0 Å². The zero-order chi connectivity index (χ0) is 30.6. The van der Waals surface area contributed by atoms with Crippen molar-refractivity contribution in [2.24, 2.45) is 0 Å². The molecular weight excluding hydrogens is 625 g/mol. The van der Waals surface area contributed by atoms with Crippen LogP contribution in [-0.2, 0) is 16.1 Å². The molecule has 9 nitrogen and oxygen atoms in total. The molecule has 3 fully saturated rings. The largest absolute Gasteiger partial charge is 0.481 e. The minimum atomic E-state index is -0.0238. The molecule has 2 aromatic carbocycles. The Morgan fingerprint density at radius 2 is 1.50 bits per heavy atom. The highest BCUT2D eigenvalue weighted by atomic mass is 35.5. The van der Waals surface area contributed by atoms with Crippen LogP contribution in [0.4, 0.5) is 0 Å². The molecule has 2 atom stereocenters. The predicted octanol–water partition coefficient (Wildman–Crippen LogP) is 5.17. The molecule has 1 saturated carbocycles. The maximum Gasteiger partial charge on any atom is 0.248 e. The molecule has 3 aromatic rings. The van der Waals surface area contributed by atoms with Crippen molar-refractivity contribution in [1.82, 2.24) is 24.7 Å². The maximum atomic E-state index is 12.9. The quantitative estimate of drug-likeness (QED) is 0.276. The molecule has 1 aliphatic carbocycles. The molecule has 1 aromatic heterocycles. The summed E-state index contributed by atoms with van der Waals surface area (Å²) >= 11 is 0. The van der Waals surface area contributed by atoms with Crippen LogP contribution in [0.2, 0.25) is 0 Å². The Balaban J connectivity index is 0.00000240. The van der Waals surface area contributed by atoms with E-state index < -0.39 is 0 Å². The summed E-state index contributed by atoms with van der Waals surface area (Å²) in [6, 6.07) is 22.0. The van der Waals surface area contributed by atoms with E-state index in [9.17, 15) is 4.79 Å². The number of rotatable bonds is 11. The van der Waals surface area contributed by atoms with E-state index in [0.29, 0.717) is 37.3 Å². The van der Waals surface area contributed by atoms with Gasteiger partial charge in [0.25, 0.3) is 0 Å². The third-order valence-corrected chi connectivity index (χ3v) is 9.00. The van der Waals surface area contributed by atoms with E-state index in [1.54, 1.807) is 14.2 Å². The van der Waals surface area contributed by atoms with Crippen molar-refractivity contribution in [2.45, 2.75) is 63.3 Å². The zero-order valence-corrected chi connectivity index (χ0v) is 28.8. The number of aromatic nitrogens is 2. The second-order valence-electron chi connectivity index (χ2n) is 12.5. The van der Waals surface area contributed by atoms with Gasteiger partial charge in [0.05, 0.1) is 18.8 Å². The average molecular weight is 673 g/mol. The summed E-state index contributed by atoms with van der Waals surface area (Å²) in [7, 11) is 3.27. The van der Waals surface area contributed by atoms with Crippen LogP contribution in [0.25, 0.3) is 0 Å². The summed E-state index contributed by atoms with van der Waals surface area (Å²) in [5, 5.41) is 0. The second kappa shape index (κ2) is 16.2. The summed E-state index contributed by atoms with van der Waals surface area (Å²) in [6.45, 7) is 8.58. The fraction of sp³-hybridized carbons (Fsp3) is 0.514. The average Bonchev–Trinajstić information content (AvgIpc) is 3.88. The standard InChI is InChI=1S/C35H45N5O4.2ClH/c1-24(2)44-35-29(34(43-4)36-33(37-35)27-15-16-27)21-38-19-28-20-39(31(41)23-42-3)17-18-40(28)30(22-38)32(25-11-7-5-8-12-25)26-13-9-6-10-14-26;;/h5-14,24,27-28,30,32H,15-23H2,1-4H3;2*1H/t28-,30?;;/m1../s1. The number of benzene rings is 2. The SMILES string of the molecule is COCC(=O)N1CCN2C(C(c3ccccc3)c3ccccc3)CN(Cc3c(OC)nc(C4CC4)nc3OC(C)C)C[C@@H]2C1.Cl.Cl. The molecule has 1 amide bonds. The lowest BCUT2D eigenvalue weighted by atomic mass is 9.81. The van der Waals surface area contributed by atoms with Crippen LogP contribution in [0.1, 0.15) is 61.0 Å². The number of ether oxygens (including phenoxy) is 3. The number of carbonyl (C=O) groups excluding carboxylic acids is 1. The molecule has 250 valence electrons. The van der Waals surface area contributed by atoms with E-state index in [-0.39, 0.29) is 61.4 Å². The van der Waals surface area contributed by atoms with Crippen molar-refractivity contribution in [1.29, 1.82) is 0 Å². The Kier molecular flexibility index (Phi) is 12.7. The van der Waals surface area contributed by atoms with Crippen molar-refractivity contribution < 1.29 is 19.0 Å². The van der Waals surface area contributed by atoms with Gasteiger partial charge in [0.15, 0.2) is 0 Å². The topological polar surface area (TPSA) is 80.3 Å². The van der Waals surface area contributed by atoms with E-state index in [1.807, 2.05) is 18.7 Å². The van der Waals surface area contributed by atoms with Gasteiger partial charge in [-0.3, -0.25) is 14.6 Å². The first-order valence-corrected chi connectivity index (χ1v) is 15.9. The minimum Gasteiger partial charge on any atom is -0.481 e. The third-order valence-electron chi connectivity index (χ3n) is 9.00. The maximum absolute atomic E-state index is 12.9. The highest BCUT2D eigenvalue weighted by molar-refractivity contribution is 5.85. The van der Waals surface area contributed by atoms with Gasteiger partial charge in [-0.05, 0) is 37.8 Å². The molecule has 3 aliphatic rings. The Labute approximate surface area is 285 Å². The summed E-state index contributed by atoms with van der Waals surface area (Å²) < 4.78 is 17.4. The fourth-order valence-electron chi connectivity index (χ4n) is 6.87. The minimum absolute atomic E-state index is 0. The van der Waals surface area contributed by atoms with E-state index in [0.717, 1.165) is 43.9 Å². The zero-order valence-electron chi connectivity index (χ0n) is 27.2. The van der Waals surface area contributed by atoms with Crippen molar-refractivity contribution in [3.8, 4) is 11.8 Å². The highest BCUT2D eigenvalue weighted by Crippen LogP contribution is 2.42. The first kappa shape index (κ1) is 35.9. The molecule has 2 aliphatic heterocycles. The van der Waals surface area contributed by atoms with Crippen LogP contribution in [-0.4, -0.2) is 102 Å². The van der Waals surface area contributed by atoms with Gasteiger partial charge in [-0.25, -0.2) is 0 Å². The number of hydrogen-bond acceptors (Lipinski definition) is 8. The van der Waals surface area contributed by atoms with E-state index in [2.05, 4.69) is 70.5 Å². The lowest BCUT2D eigenvalue weighted by molar-refractivity contribution is -0.140. The monoisotopic (exact) mass is 671 g/mol. The Hall–Kier alpha value is -2.95. The lowest BCUT2D eigenvalue weighted by Gasteiger charge is -2.53. The Morgan fingerprint density at radius 3 is 2.07 bits per heavy atom. The molecule has 0 radical (unpaired) electrons. The molecule has 0 bridgehead atoms. The molecular formula is C35H47Cl2N5O4. The van der Waals surface area contributed by atoms with Gasteiger partial charge in [-0.1, -0.05) is 60.7 Å². The van der Waals surface area contributed by atoms with Crippen LogP contribution in [0.3, 0.4) is 0 Å². The Morgan fingerprint density at radius 1 is 0.870 bits per heavy atom. The molecule has 2 saturated heterocycles. The molecule has 0 spiro atoms. The summed E-state index contributed by atoms with van der Waals surface area (Å²) in [5.74, 6) is 2.62. The number of methoxy groups -OCH3 is 2. The van der Waals surface area contributed by atoms with Crippen LogP contribution < -0.4 is 9.47 Å². The van der Waals surface area contributed by atoms with Crippen molar-refractivity contribution in [3.05, 3.63) is 83.2 Å². The number of hydrogen-bond donors (Lipinski definition) is 0. The predicted molar refractivity (Wildman–Crippen MR) is 184 cm³/mol. The molecule has 11 heteroatoms. The normalized spacial score (nSPS) is 20.1. The fourth-order valence-corrected chi connectivity index (χ4v) is 6.87. The second-order valence-corrected chi connectivity index (χ2v) is 12.5. The number of piperazine rings is 2. The number of halogens is 2. The van der Waals surface area contributed by atoms with Gasteiger partial charge in [0.1, 0.15) is 12.4 Å². The van der Waals surface area contributed by atoms with Crippen LogP contribution in [0.5, 0.6) is 11.8 Å².